The average molecular weight is 419 g/mol. The maximum atomic E-state index is 11.3. The van der Waals surface area contributed by atoms with Gasteiger partial charge < -0.3 is 10.6 Å². The molecule has 1 heterocycles. The second-order valence-electron chi connectivity index (χ2n) is 5.83. The molecule has 0 radical (unpaired) electrons. The van der Waals surface area contributed by atoms with Gasteiger partial charge in [-0.25, -0.2) is 0 Å². The summed E-state index contributed by atoms with van der Waals surface area (Å²) in [4.78, 5) is 11.3. The molecule has 0 aliphatic carbocycles. The molecule has 0 aliphatic heterocycles. The molecule has 3 aromatic rings. The molecule has 0 fully saturated rings. The number of rotatable bonds is 5. The number of nitrogens with zero attached hydrogens (tertiary/aromatic N) is 2. The summed E-state index contributed by atoms with van der Waals surface area (Å²) in [5, 5.41) is 11.9. The normalized spacial score (nSPS) is 10.5. The Labute approximate surface area is 172 Å². The highest BCUT2D eigenvalue weighted by Crippen LogP contribution is 2.22. The lowest BCUT2D eigenvalue weighted by Gasteiger charge is -2.09. The van der Waals surface area contributed by atoms with Crippen LogP contribution in [-0.4, -0.2) is 20.7 Å². The molecule has 3 rings (SSSR count). The highest BCUT2D eigenvalue weighted by atomic mass is 35.5. The third-order valence-corrected chi connectivity index (χ3v) is 4.64. The van der Waals surface area contributed by atoms with Gasteiger partial charge in [0.15, 0.2) is 16.7 Å². The van der Waals surface area contributed by atoms with Crippen molar-refractivity contribution in [2.24, 2.45) is 0 Å². The number of aromatic nitrogens is 2. The third-order valence-electron chi connectivity index (χ3n) is 3.79. The molecular formula is C19H16Cl2N4OS. The summed E-state index contributed by atoms with van der Waals surface area (Å²) in [7, 11) is 0. The topological polar surface area (TPSA) is 59.0 Å². The molecule has 0 amide bonds. The number of thiocarbonyl (C=S) groups is 1. The molecule has 0 unspecified atom stereocenters. The number of carbonyl (C=O) groups excluding carboxylic acids is 1. The van der Waals surface area contributed by atoms with Crippen LogP contribution in [0.25, 0.3) is 0 Å². The maximum Gasteiger partial charge on any atom is 0.176 e. The van der Waals surface area contributed by atoms with Crippen LogP contribution in [0.15, 0.2) is 54.7 Å². The van der Waals surface area contributed by atoms with Gasteiger partial charge in [0.1, 0.15) is 5.02 Å². The molecule has 8 heteroatoms. The van der Waals surface area contributed by atoms with Gasteiger partial charge in [-0.15, -0.1) is 0 Å². The van der Waals surface area contributed by atoms with Crippen LogP contribution in [-0.2, 0) is 6.54 Å². The molecule has 1 aromatic heterocycles. The van der Waals surface area contributed by atoms with E-state index in [-0.39, 0.29) is 5.78 Å². The minimum absolute atomic E-state index is 0.0121. The van der Waals surface area contributed by atoms with Crippen molar-refractivity contribution in [2.45, 2.75) is 13.5 Å². The van der Waals surface area contributed by atoms with Crippen LogP contribution in [0, 0.1) is 0 Å². The largest absolute Gasteiger partial charge is 0.332 e. The van der Waals surface area contributed by atoms with Crippen molar-refractivity contribution in [3.63, 3.8) is 0 Å². The summed E-state index contributed by atoms with van der Waals surface area (Å²) >= 11 is 17.7. The Bertz CT molecular complexity index is 986. The van der Waals surface area contributed by atoms with Gasteiger partial charge in [0.2, 0.25) is 0 Å². The zero-order valence-electron chi connectivity index (χ0n) is 14.4. The Morgan fingerprint density at radius 1 is 1.07 bits per heavy atom. The molecule has 0 aliphatic rings. The van der Waals surface area contributed by atoms with Crippen molar-refractivity contribution in [3.8, 4) is 0 Å². The SMILES string of the molecule is CC(=O)c1ccc(NC(=S)Nc2nn(Cc3ccccc3Cl)cc2Cl)cc1. The Morgan fingerprint density at radius 2 is 1.78 bits per heavy atom. The van der Waals surface area contributed by atoms with E-state index in [9.17, 15) is 4.79 Å². The molecule has 5 nitrogen and oxygen atoms in total. The average Bonchev–Trinajstić information content (AvgIpc) is 2.96. The number of carbonyl (C=O) groups is 1. The van der Waals surface area contributed by atoms with Crippen molar-refractivity contribution >= 4 is 57.8 Å². The van der Waals surface area contributed by atoms with Crippen LogP contribution in [0.2, 0.25) is 10.0 Å². The molecule has 0 spiro atoms. The number of Topliss-reactive ketones (excluding diaryl/α,β-unsaturated/α-hetero) is 1. The van der Waals surface area contributed by atoms with Gasteiger partial charge in [0, 0.05) is 22.5 Å². The summed E-state index contributed by atoms with van der Waals surface area (Å²) in [6.07, 6.45) is 1.71. The molecule has 0 atom stereocenters. The van der Waals surface area contributed by atoms with E-state index >= 15 is 0 Å². The lowest BCUT2D eigenvalue weighted by atomic mass is 10.1. The van der Waals surface area contributed by atoms with Crippen LogP contribution >= 0.6 is 35.4 Å². The smallest absolute Gasteiger partial charge is 0.176 e. The fourth-order valence-corrected chi connectivity index (χ4v) is 3.03. The van der Waals surface area contributed by atoms with Crippen LogP contribution < -0.4 is 10.6 Å². The van der Waals surface area contributed by atoms with Crippen molar-refractivity contribution in [3.05, 3.63) is 75.9 Å². The van der Waals surface area contributed by atoms with Crippen LogP contribution in [0.1, 0.15) is 22.8 Å². The second kappa shape index (κ2) is 8.52. The van der Waals surface area contributed by atoms with Gasteiger partial charge in [0.25, 0.3) is 0 Å². The van der Waals surface area contributed by atoms with E-state index in [0.717, 1.165) is 11.3 Å². The van der Waals surface area contributed by atoms with E-state index in [4.69, 9.17) is 35.4 Å². The first-order valence-corrected chi connectivity index (χ1v) is 9.24. The Morgan fingerprint density at radius 3 is 2.44 bits per heavy atom. The quantitative estimate of drug-likeness (QED) is 0.437. The Balaban J connectivity index is 1.65. The summed E-state index contributed by atoms with van der Waals surface area (Å²) in [5.74, 6) is 0.458. The number of benzene rings is 2. The zero-order chi connectivity index (χ0) is 19.4. The molecule has 138 valence electrons. The second-order valence-corrected chi connectivity index (χ2v) is 7.05. The Kier molecular flexibility index (Phi) is 6.11. The summed E-state index contributed by atoms with van der Waals surface area (Å²) in [6.45, 7) is 2.02. The van der Waals surface area contributed by atoms with Gasteiger partial charge in [-0.3, -0.25) is 9.48 Å². The van der Waals surface area contributed by atoms with Crippen LogP contribution in [0.3, 0.4) is 0 Å². The van der Waals surface area contributed by atoms with Gasteiger partial charge in [-0.1, -0.05) is 41.4 Å². The van der Waals surface area contributed by atoms with E-state index in [1.807, 2.05) is 24.3 Å². The lowest BCUT2D eigenvalue weighted by molar-refractivity contribution is 0.101. The summed E-state index contributed by atoms with van der Waals surface area (Å²) in [6, 6.07) is 14.6. The van der Waals surface area contributed by atoms with Crippen molar-refractivity contribution in [1.29, 1.82) is 0 Å². The summed E-state index contributed by atoms with van der Waals surface area (Å²) in [5.41, 5.74) is 2.33. The van der Waals surface area contributed by atoms with Gasteiger partial charge >= 0.3 is 0 Å². The molecule has 2 N–H and O–H groups in total. The van der Waals surface area contributed by atoms with E-state index in [1.54, 1.807) is 35.1 Å². The molecular weight excluding hydrogens is 403 g/mol. The van der Waals surface area contributed by atoms with E-state index in [1.165, 1.54) is 6.92 Å². The first-order chi connectivity index (χ1) is 12.9. The standard InChI is InChI=1S/C19H16Cl2N4OS/c1-12(26)13-6-8-15(9-7-13)22-19(27)23-18-17(21)11-25(24-18)10-14-4-2-3-5-16(14)20/h2-9,11H,10H2,1H3,(H2,22,23,24,27). The van der Waals surface area contributed by atoms with E-state index in [2.05, 4.69) is 15.7 Å². The van der Waals surface area contributed by atoms with Gasteiger partial charge in [-0.05, 0) is 55.0 Å². The fourth-order valence-electron chi connectivity index (χ4n) is 2.42. The van der Waals surface area contributed by atoms with Gasteiger partial charge in [-0.2, -0.15) is 5.10 Å². The number of hydrogen-bond donors (Lipinski definition) is 2. The van der Waals surface area contributed by atoms with Crippen molar-refractivity contribution in [2.75, 3.05) is 10.6 Å². The number of nitrogens with one attached hydrogen (secondary N) is 2. The number of halogens is 2. The number of anilines is 2. The highest BCUT2D eigenvalue weighted by molar-refractivity contribution is 7.80. The molecule has 0 saturated carbocycles. The minimum atomic E-state index is 0.0121. The maximum absolute atomic E-state index is 11.3. The molecule has 0 saturated heterocycles. The van der Waals surface area contributed by atoms with Gasteiger partial charge in [0.05, 0.1) is 6.54 Å². The van der Waals surface area contributed by atoms with Crippen LogP contribution in [0.4, 0.5) is 11.5 Å². The number of hydrogen-bond acceptors (Lipinski definition) is 3. The van der Waals surface area contributed by atoms with E-state index < -0.39 is 0 Å². The first-order valence-electron chi connectivity index (χ1n) is 8.08. The van der Waals surface area contributed by atoms with Crippen LogP contribution in [0.5, 0.6) is 0 Å². The predicted molar refractivity (Wildman–Crippen MR) is 114 cm³/mol. The summed E-state index contributed by atoms with van der Waals surface area (Å²) < 4.78 is 1.69. The predicted octanol–water partition coefficient (Wildman–Crippen LogP) is 5.25. The molecule has 27 heavy (non-hydrogen) atoms. The first kappa shape index (κ1) is 19.4. The monoisotopic (exact) mass is 418 g/mol. The van der Waals surface area contributed by atoms with Crippen molar-refractivity contribution < 1.29 is 4.79 Å². The van der Waals surface area contributed by atoms with E-state index in [0.29, 0.717) is 33.1 Å². The highest BCUT2D eigenvalue weighted by Gasteiger charge is 2.10. The molecule has 0 bridgehead atoms. The zero-order valence-corrected chi connectivity index (χ0v) is 16.7. The Hall–Kier alpha value is -2.41. The van der Waals surface area contributed by atoms with Crippen molar-refractivity contribution in [1.82, 2.24) is 9.78 Å². The fraction of sp³-hybridized carbons (Fsp3) is 0.105. The third kappa shape index (κ3) is 5.07. The molecule has 2 aromatic carbocycles. The number of ketones is 1. The lowest BCUT2D eigenvalue weighted by Crippen LogP contribution is -2.19. The minimum Gasteiger partial charge on any atom is -0.332 e.